The van der Waals surface area contributed by atoms with E-state index in [4.69, 9.17) is 0 Å². The summed E-state index contributed by atoms with van der Waals surface area (Å²) in [7, 11) is 0.0521. The summed E-state index contributed by atoms with van der Waals surface area (Å²) >= 11 is 0. The number of hydrogen-bond acceptors (Lipinski definition) is 4. The summed E-state index contributed by atoms with van der Waals surface area (Å²) < 4.78 is 25.5. The second-order valence-corrected chi connectivity index (χ2v) is 6.31. The molecule has 100 valence electrons. The number of anilines is 1. The molecule has 1 heterocycles. The number of rotatable bonds is 4. The monoisotopic (exact) mass is 269 g/mol. The molecule has 1 atom stereocenters. The van der Waals surface area contributed by atoms with Gasteiger partial charge in [-0.05, 0) is 44.8 Å². The van der Waals surface area contributed by atoms with Gasteiger partial charge in [-0.15, -0.1) is 0 Å². The topological polar surface area (TPSA) is 61.4 Å². The maximum Gasteiger partial charge on any atom is 0.240 e. The Labute approximate surface area is 108 Å². The third kappa shape index (κ3) is 2.66. The Kier molecular flexibility index (Phi) is 3.89. The molecule has 1 saturated heterocycles. The highest BCUT2D eigenvalue weighted by atomic mass is 32.2. The molecule has 0 bridgehead atoms. The molecule has 1 unspecified atom stereocenters. The second-order valence-electron chi connectivity index (χ2n) is 4.42. The predicted molar refractivity (Wildman–Crippen MR) is 72.4 cm³/mol. The zero-order valence-corrected chi connectivity index (χ0v) is 11.5. The van der Waals surface area contributed by atoms with Crippen LogP contribution in [0.25, 0.3) is 0 Å². The summed E-state index contributed by atoms with van der Waals surface area (Å²) in [5, 5.41) is 3.26. The van der Waals surface area contributed by atoms with E-state index < -0.39 is 10.0 Å². The van der Waals surface area contributed by atoms with Gasteiger partial charge in [-0.2, -0.15) is 0 Å². The molecule has 0 aromatic heterocycles. The largest absolute Gasteiger partial charge is 0.370 e. The van der Waals surface area contributed by atoms with Crippen molar-refractivity contribution in [2.75, 3.05) is 32.1 Å². The fourth-order valence-electron chi connectivity index (χ4n) is 2.18. The number of nitrogens with one attached hydrogen (secondary N) is 2. The van der Waals surface area contributed by atoms with Crippen LogP contribution in [0.1, 0.15) is 6.42 Å². The quantitative estimate of drug-likeness (QED) is 0.830. The lowest BCUT2D eigenvalue weighted by Gasteiger charge is -2.18. The predicted octanol–water partition coefficient (Wildman–Crippen LogP) is 0.393. The second kappa shape index (κ2) is 5.26. The van der Waals surface area contributed by atoms with Crippen LogP contribution in [0.15, 0.2) is 29.2 Å². The molecule has 1 aliphatic rings. The molecule has 6 heteroatoms. The lowest BCUT2D eigenvalue weighted by molar-refractivity contribution is 0.588. The van der Waals surface area contributed by atoms with Crippen molar-refractivity contribution in [3.05, 3.63) is 24.3 Å². The molecule has 0 amide bonds. The zero-order valence-electron chi connectivity index (χ0n) is 10.7. The first-order chi connectivity index (χ1) is 8.56. The molecule has 0 spiro atoms. The van der Waals surface area contributed by atoms with E-state index in [1.807, 2.05) is 19.2 Å². The van der Waals surface area contributed by atoms with Crippen LogP contribution in [0.4, 0.5) is 5.69 Å². The molecule has 0 saturated carbocycles. The zero-order chi connectivity index (χ0) is 13.2. The van der Waals surface area contributed by atoms with Crippen LogP contribution < -0.4 is 14.9 Å². The average Bonchev–Trinajstić information content (AvgIpc) is 2.87. The maximum atomic E-state index is 11.6. The number of sulfonamides is 1. The summed E-state index contributed by atoms with van der Waals surface area (Å²) in [6, 6.07) is 7.54. The van der Waals surface area contributed by atoms with Gasteiger partial charge in [0.05, 0.1) is 4.90 Å². The SMILES string of the molecule is CNC1CCN(c2ccc(S(=O)(=O)NC)cc2)C1. The fraction of sp³-hybridized carbons (Fsp3) is 0.500. The Morgan fingerprint density at radius 3 is 2.39 bits per heavy atom. The standard InChI is InChI=1S/C12H19N3O2S/c1-13-10-7-8-15(9-10)11-3-5-12(6-4-11)18(16,17)14-2/h3-6,10,13-14H,7-9H2,1-2H3. The minimum atomic E-state index is -3.33. The molecule has 1 aliphatic heterocycles. The Bertz CT molecular complexity index is 499. The minimum Gasteiger partial charge on any atom is -0.370 e. The fourth-order valence-corrected chi connectivity index (χ4v) is 2.91. The molecule has 1 fully saturated rings. The first-order valence-corrected chi connectivity index (χ1v) is 7.51. The van der Waals surface area contributed by atoms with Crippen LogP contribution in [0.5, 0.6) is 0 Å². The first kappa shape index (κ1) is 13.3. The van der Waals surface area contributed by atoms with Crippen molar-refractivity contribution in [2.45, 2.75) is 17.4 Å². The molecule has 5 nitrogen and oxygen atoms in total. The Balaban J connectivity index is 2.14. The van der Waals surface area contributed by atoms with E-state index in [1.54, 1.807) is 12.1 Å². The van der Waals surface area contributed by atoms with E-state index in [1.165, 1.54) is 7.05 Å². The van der Waals surface area contributed by atoms with E-state index in [2.05, 4.69) is 14.9 Å². The van der Waals surface area contributed by atoms with Gasteiger partial charge in [-0.25, -0.2) is 13.1 Å². The van der Waals surface area contributed by atoms with Crippen LogP contribution in [-0.2, 0) is 10.0 Å². The third-order valence-corrected chi connectivity index (χ3v) is 4.81. The van der Waals surface area contributed by atoms with E-state index in [0.29, 0.717) is 10.9 Å². The molecule has 0 radical (unpaired) electrons. The molecule has 0 aliphatic carbocycles. The van der Waals surface area contributed by atoms with E-state index in [-0.39, 0.29) is 0 Å². The molecule has 1 aromatic rings. The van der Waals surface area contributed by atoms with Crippen LogP contribution in [0, 0.1) is 0 Å². The van der Waals surface area contributed by atoms with Crippen molar-refractivity contribution in [3.8, 4) is 0 Å². The number of likely N-dealkylation sites (N-methyl/N-ethyl adjacent to an activating group) is 1. The average molecular weight is 269 g/mol. The van der Waals surface area contributed by atoms with Crippen LogP contribution in [-0.4, -0.2) is 41.6 Å². The molecular weight excluding hydrogens is 250 g/mol. The maximum absolute atomic E-state index is 11.6. The first-order valence-electron chi connectivity index (χ1n) is 6.02. The molecule has 1 aromatic carbocycles. The number of nitrogens with zero attached hydrogens (tertiary/aromatic N) is 1. The van der Waals surface area contributed by atoms with Gasteiger partial charge in [0.1, 0.15) is 0 Å². The summed E-state index contributed by atoms with van der Waals surface area (Å²) in [6.07, 6.45) is 1.12. The highest BCUT2D eigenvalue weighted by Crippen LogP contribution is 2.22. The lowest BCUT2D eigenvalue weighted by atomic mass is 10.3. The van der Waals surface area contributed by atoms with Gasteiger partial charge in [0, 0.05) is 24.8 Å². The van der Waals surface area contributed by atoms with Crippen molar-refractivity contribution >= 4 is 15.7 Å². The van der Waals surface area contributed by atoms with Gasteiger partial charge in [-0.3, -0.25) is 0 Å². The molecule has 18 heavy (non-hydrogen) atoms. The normalized spacial score (nSPS) is 20.3. The van der Waals surface area contributed by atoms with E-state index >= 15 is 0 Å². The smallest absolute Gasteiger partial charge is 0.240 e. The van der Waals surface area contributed by atoms with Crippen molar-refractivity contribution < 1.29 is 8.42 Å². The molecular formula is C12H19N3O2S. The number of benzene rings is 1. The van der Waals surface area contributed by atoms with Crippen LogP contribution >= 0.6 is 0 Å². The third-order valence-electron chi connectivity index (χ3n) is 3.38. The Hall–Kier alpha value is -1.11. The Morgan fingerprint density at radius 2 is 1.89 bits per heavy atom. The van der Waals surface area contributed by atoms with Gasteiger partial charge < -0.3 is 10.2 Å². The van der Waals surface area contributed by atoms with Gasteiger partial charge >= 0.3 is 0 Å². The van der Waals surface area contributed by atoms with Gasteiger partial charge in [-0.1, -0.05) is 0 Å². The van der Waals surface area contributed by atoms with Gasteiger partial charge in [0.15, 0.2) is 0 Å². The van der Waals surface area contributed by atoms with Crippen molar-refractivity contribution in [2.24, 2.45) is 0 Å². The van der Waals surface area contributed by atoms with Crippen molar-refractivity contribution in [1.82, 2.24) is 10.0 Å². The number of hydrogen-bond donors (Lipinski definition) is 2. The summed E-state index contributed by atoms with van der Waals surface area (Å²) in [5.74, 6) is 0. The van der Waals surface area contributed by atoms with Gasteiger partial charge in [0.2, 0.25) is 10.0 Å². The van der Waals surface area contributed by atoms with E-state index in [0.717, 1.165) is 25.2 Å². The summed E-state index contributed by atoms with van der Waals surface area (Å²) in [5.41, 5.74) is 1.07. The summed E-state index contributed by atoms with van der Waals surface area (Å²) in [6.45, 7) is 1.97. The van der Waals surface area contributed by atoms with Crippen LogP contribution in [0.2, 0.25) is 0 Å². The molecule has 2 N–H and O–H groups in total. The van der Waals surface area contributed by atoms with Crippen molar-refractivity contribution in [1.29, 1.82) is 0 Å². The van der Waals surface area contributed by atoms with Crippen LogP contribution in [0.3, 0.4) is 0 Å². The summed E-state index contributed by atoms with van der Waals surface area (Å²) in [4.78, 5) is 2.56. The Morgan fingerprint density at radius 1 is 1.22 bits per heavy atom. The van der Waals surface area contributed by atoms with Crippen molar-refractivity contribution in [3.63, 3.8) is 0 Å². The highest BCUT2D eigenvalue weighted by molar-refractivity contribution is 7.89. The highest BCUT2D eigenvalue weighted by Gasteiger charge is 2.21. The minimum absolute atomic E-state index is 0.304. The lowest BCUT2D eigenvalue weighted by Crippen LogP contribution is -2.29. The van der Waals surface area contributed by atoms with E-state index in [9.17, 15) is 8.42 Å². The molecule has 2 rings (SSSR count). The van der Waals surface area contributed by atoms with Gasteiger partial charge in [0.25, 0.3) is 0 Å².